The van der Waals surface area contributed by atoms with Crippen LogP contribution >= 0.6 is 0 Å². The Bertz CT molecular complexity index is 650. The van der Waals surface area contributed by atoms with Crippen molar-refractivity contribution < 1.29 is 27.4 Å². The van der Waals surface area contributed by atoms with Gasteiger partial charge < -0.3 is 9.84 Å². The molecule has 2 aromatic carbocycles. The standard InChI is InChI=1S/C16H14F4O2/c1-16(2,21)10-11(17)13(19)15(14(20)12(10)18)22-8-9-6-4-3-5-7-9/h3-7,21H,8H2,1-2H3. The van der Waals surface area contributed by atoms with Crippen LogP contribution in [-0.2, 0) is 12.2 Å². The Hall–Kier alpha value is -2.08. The molecule has 0 aromatic heterocycles. The second-order valence-electron chi connectivity index (χ2n) is 5.29. The molecule has 0 atom stereocenters. The maximum atomic E-state index is 13.9. The van der Waals surface area contributed by atoms with Crippen LogP contribution in [0.5, 0.6) is 5.75 Å². The summed E-state index contributed by atoms with van der Waals surface area (Å²) in [5.41, 5.74) is -2.57. The smallest absolute Gasteiger partial charge is 0.204 e. The Morgan fingerprint density at radius 1 is 0.909 bits per heavy atom. The largest absolute Gasteiger partial charge is 0.483 e. The van der Waals surface area contributed by atoms with Crippen molar-refractivity contribution in [1.82, 2.24) is 0 Å². The van der Waals surface area contributed by atoms with Crippen LogP contribution < -0.4 is 4.74 Å². The van der Waals surface area contributed by atoms with Gasteiger partial charge in [-0.15, -0.1) is 0 Å². The van der Waals surface area contributed by atoms with E-state index in [1.165, 1.54) is 0 Å². The number of ether oxygens (including phenoxy) is 1. The van der Waals surface area contributed by atoms with E-state index < -0.39 is 40.2 Å². The molecule has 0 unspecified atom stereocenters. The third-order valence-electron chi connectivity index (χ3n) is 3.06. The lowest BCUT2D eigenvalue weighted by molar-refractivity contribution is 0.0676. The first-order chi connectivity index (χ1) is 10.2. The molecule has 2 nitrogen and oxygen atoms in total. The fourth-order valence-electron chi connectivity index (χ4n) is 2.01. The molecule has 2 aromatic rings. The minimum Gasteiger partial charge on any atom is -0.483 e. The van der Waals surface area contributed by atoms with E-state index in [0.717, 1.165) is 13.8 Å². The fraction of sp³-hybridized carbons (Fsp3) is 0.250. The van der Waals surface area contributed by atoms with Gasteiger partial charge in [-0.25, -0.2) is 8.78 Å². The summed E-state index contributed by atoms with van der Waals surface area (Å²) in [6, 6.07) is 8.37. The van der Waals surface area contributed by atoms with E-state index in [4.69, 9.17) is 4.74 Å². The van der Waals surface area contributed by atoms with Gasteiger partial charge in [0.1, 0.15) is 6.61 Å². The zero-order valence-electron chi connectivity index (χ0n) is 12.0. The number of hydrogen-bond donors (Lipinski definition) is 1. The van der Waals surface area contributed by atoms with Crippen molar-refractivity contribution in [1.29, 1.82) is 0 Å². The summed E-state index contributed by atoms with van der Waals surface area (Å²) in [6.45, 7) is 1.80. The Labute approximate surface area is 125 Å². The number of benzene rings is 2. The molecule has 0 bridgehead atoms. The quantitative estimate of drug-likeness (QED) is 0.681. The Morgan fingerprint density at radius 3 is 1.86 bits per heavy atom. The molecule has 2 rings (SSSR count). The lowest BCUT2D eigenvalue weighted by Crippen LogP contribution is -2.22. The van der Waals surface area contributed by atoms with Crippen LogP contribution in [0.15, 0.2) is 30.3 Å². The molecule has 0 radical (unpaired) electrons. The molecule has 0 saturated carbocycles. The molecule has 0 aliphatic carbocycles. The van der Waals surface area contributed by atoms with E-state index in [0.29, 0.717) is 5.56 Å². The van der Waals surface area contributed by atoms with E-state index in [9.17, 15) is 22.7 Å². The molecule has 0 heterocycles. The van der Waals surface area contributed by atoms with Crippen LogP contribution in [0.2, 0.25) is 0 Å². The highest BCUT2D eigenvalue weighted by atomic mass is 19.2. The van der Waals surface area contributed by atoms with Gasteiger partial charge in [0.15, 0.2) is 17.4 Å². The summed E-state index contributed by atoms with van der Waals surface area (Å²) >= 11 is 0. The van der Waals surface area contributed by atoms with Gasteiger partial charge in [-0.3, -0.25) is 0 Å². The summed E-state index contributed by atoms with van der Waals surface area (Å²) in [5.74, 6) is -7.84. The van der Waals surface area contributed by atoms with Crippen LogP contribution in [-0.4, -0.2) is 5.11 Å². The van der Waals surface area contributed by atoms with Gasteiger partial charge >= 0.3 is 0 Å². The van der Waals surface area contributed by atoms with Crippen molar-refractivity contribution in [2.45, 2.75) is 26.1 Å². The predicted molar refractivity (Wildman–Crippen MR) is 72.3 cm³/mol. The van der Waals surface area contributed by atoms with Crippen molar-refractivity contribution >= 4 is 0 Å². The number of rotatable bonds is 4. The normalized spacial score (nSPS) is 11.6. The fourth-order valence-corrected chi connectivity index (χ4v) is 2.01. The molecule has 0 aliphatic heterocycles. The number of hydrogen-bond acceptors (Lipinski definition) is 2. The summed E-state index contributed by atoms with van der Waals surface area (Å²) in [6.07, 6.45) is 0. The van der Waals surface area contributed by atoms with Gasteiger partial charge in [-0.1, -0.05) is 30.3 Å². The number of halogens is 4. The van der Waals surface area contributed by atoms with Gasteiger partial charge in [0.05, 0.1) is 11.2 Å². The van der Waals surface area contributed by atoms with Crippen molar-refractivity contribution in [3.8, 4) is 5.75 Å². The minimum absolute atomic E-state index is 0.255. The second-order valence-corrected chi connectivity index (χ2v) is 5.29. The van der Waals surface area contributed by atoms with Crippen LogP contribution in [0.3, 0.4) is 0 Å². The van der Waals surface area contributed by atoms with Crippen molar-refractivity contribution in [2.24, 2.45) is 0 Å². The molecule has 0 aliphatic rings. The lowest BCUT2D eigenvalue weighted by atomic mass is 9.96. The zero-order valence-corrected chi connectivity index (χ0v) is 12.0. The Morgan fingerprint density at radius 2 is 1.41 bits per heavy atom. The van der Waals surface area contributed by atoms with Crippen molar-refractivity contribution in [3.63, 3.8) is 0 Å². The SMILES string of the molecule is CC(C)(O)c1c(F)c(F)c(OCc2ccccc2)c(F)c1F. The van der Waals surface area contributed by atoms with E-state index >= 15 is 0 Å². The molecule has 118 valence electrons. The van der Waals surface area contributed by atoms with Gasteiger partial charge in [0, 0.05) is 0 Å². The molecular weight excluding hydrogens is 300 g/mol. The van der Waals surface area contributed by atoms with Crippen LogP contribution in [0.25, 0.3) is 0 Å². The minimum atomic E-state index is -2.08. The molecule has 22 heavy (non-hydrogen) atoms. The molecular formula is C16H14F4O2. The summed E-state index contributed by atoms with van der Waals surface area (Å²) < 4.78 is 60.5. The highest BCUT2D eigenvalue weighted by Crippen LogP contribution is 2.35. The summed E-state index contributed by atoms with van der Waals surface area (Å²) in [5, 5.41) is 9.64. The first kappa shape index (κ1) is 16.3. The van der Waals surface area contributed by atoms with Gasteiger partial charge in [-0.05, 0) is 19.4 Å². The first-order valence-electron chi connectivity index (χ1n) is 6.49. The monoisotopic (exact) mass is 314 g/mol. The molecule has 0 saturated heterocycles. The van der Waals surface area contributed by atoms with Crippen molar-refractivity contribution in [2.75, 3.05) is 0 Å². The molecule has 1 N–H and O–H groups in total. The van der Waals surface area contributed by atoms with Gasteiger partial charge in [0.25, 0.3) is 0 Å². The van der Waals surface area contributed by atoms with Gasteiger partial charge in [-0.2, -0.15) is 8.78 Å². The topological polar surface area (TPSA) is 29.5 Å². The maximum Gasteiger partial charge on any atom is 0.204 e. The average Bonchev–Trinajstić information content (AvgIpc) is 2.45. The van der Waals surface area contributed by atoms with E-state index in [1.54, 1.807) is 30.3 Å². The average molecular weight is 314 g/mol. The Kier molecular flexibility index (Phi) is 4.42. The van der Waals surface area contributed by atoms with E-state index in [-0.39, 0.29) is 6.61 Å². The van der Waals surface area contributed by atoms with Crippen LogP contribution in [0.4, 0.5) is 17.6 Å². The summed E-state index contributed by atoms with van der Waals surface area (Å²) in [7, 11) is 0. The molecule has 6 heteroatoms. The summed E-state index contributed by atoms with van der Waals surface area (Å²) in [4.78, 5) is 0. The lowest BCUT2D eigenvalue weighted by Gasteiger charge is -2.21. The predicted octanol–water partition coefficient (Wildman–Crippen LogP) is 4.05. The molecule has 0 amide bonds. The zero-order chi connectivity index (χ0) is 16.5. The van der Waals surface area contributed by atoms with Crippen molar-refractivity contribution in [3.05, 3.63) is 64.7 Å². The van der Waals surface area contributed by atoms with Gasteiger partial charge in [0.2, 0.25) is 11.6 Å². The van der Waals surface area contributed by atoms with E-state index in [1.807, 2.05) is 0 Å². The molecule has 0 spiro atoms. The third-order valence-corrected chi connectivity index (χ3v) is 3.06. The van der Waals surface area contributed by atoms with E-state index in [2.05, 4.69) is 0 Å². The van der Waals surface area contributed by atoms with Crippen LogP contribution in [0.1, 0.15) is 25.0 Å². The third kappa shape index (κ3) is 3.06. The first-order valence-corrected chi connectivity index (χ1v) is 6.49. The highest BCUT2D eigenvalue weighted by molar-refractivity contribution is 5.37. The molecule has 0 fully saturated rings. The second kappa shape index (κ2) is 5.96. The van der Waals surface area contributed by atoms with Crippen LogP contribution in [0, 0.1) is 23.3 Å². The number of aliphatic hydroxyl groups is 1. The highest BCUT2D eigenvalue weighted by Gasteiger charge is 2.34. The maximum absolute atomic E-state index is 13.9. The Balaban J connectivity index is 2.42.